The van der Waals surface area contributed by atoms with E-state index in [0.29, 0.717) is 24.0 Å². The molecule has 0 bridgehead atoms. The molecule has 2 N–H and O–H groups in total. The highest BCUT2D eigenvalue weighted by atomic mass is 16.4. The Morgan fingerprint density at radius 3 is 2.92 bits per heavy atom. The zero-order valence-electron chi connectivity index (χ0n) is 7.28. The first-order valence-electron chi connectivity index (χ1n) is 4.06. The molecule has 1 rings (SSSR count). The molecule has 13 heavy (non-hydrogen) atoms. The summed E-state index contributed by atoms with van der Waals surface area (Å²) in [5.41, 5.74) is 0.916. The number of nitrogens with one attached hydrogen (secondary N) is 1. The SMILES string of the molecule is CCC(C(=O)O)c1cc[nH]c1C=O. The molecular weight excluding hydrogens is 170 g/mol. The number of carboxylic acid groups (broad SMARTS) is 1. The monoisotopic (exact) mass is 181 g/mol. The van der Waals surface area contributed by atoms with Crippen molar-refractivity contribution in [2.45, 2.75) is 19.3 Å². The highest BCUT2D eigenvalue weighted by Crippen LogP contribution is 2.21. The largest absolute Gasteiger partial charge is 0.481 e. The molecule has 0 aliphatic rings. The molecule has 0 aromatic carbocycles. The zero-order chi connectivity index (χ0) is 9.84. The van der Waals surface area contributed by atoms with Gasteiger partial charge in [0.2, 0.25) is 0 Å². The molecule has 0 spiro atoms. The van der Waals surface area contributed by atoms with Gasteiger partial charge in [-0.2, -0.15) is 0 Å². The number of aldehydes is 1. The van der Waals surface area contributed by atoms with Gasteiger partial charge >= 0.3 is 5.97 Å². The number of carbonyl (C=O) groups excluding carboxylic acids is 1. The average Bonchev–Trinajstić information content (AvgIpc) is 2.53. The number of hydrogen-bond donors (Lipinski definition) is 2. The second-order valence-corrected chi connectivity index (χ2v) is 2.76. The van der Waals surface area contributed by atoms with E-state index in [1.807, 2.05) is 0 Å². The van der Waals surface area contributed by atoms with E-state index in [2.05, 4.69) is 4.98 Å². The minimum absolute atomic E-state index is 0.356. The summed E-state index contributed by atoms with van der Waals surface area (Å²) in [6.07, 6.45) is 2.69. The molecule has 0 aliphatic heterocycles. The summed E-state index contributed by atoms with van der Waals surface area (Å²) in [6.45, 7) is 1.78. The van der Waals surface area contributed by atoms with Crippen molar-refractivity contribution < 1.29 is 14.7 Å². The maximum atomic E-state index is 10.8. The molecule has 4 heteroatoms. The zero-order valence-corrected chi connectivity index (χ0v) is 7.28. The van der Waals surface area contributed by atoms with Crippen molar-refractivity contribution in [1.82, 2.24) is 4.98 Å². The van der Waals surface area contributed by atoms with E-state index in [1.165, 1.54) is 0 Å². The van der Waals surface area contributed by atoms with E-state index in [4.69, 9.17) is 5.11 Å². The van der Waals surface area contributed by atoms with E-state index in [-0.39, 0.29) is 0 Å². The van der Waals surface area contributed by atoms with Gasteiger partial charge < -0.3 is 10.1 Å². The summed E-state index contributed by atoms with van der Waals surface area (Å²) >= 11 is 0. The number of carbonyl (C=O) groups is 2. The molecule has 1 aromatic heterocycles. The summed E-state index contributed by atoms with van der Waals surface area (Å²) in [6, 6.07) is 1.63. The third-order valence-corrected chi connectivity index (χ3v) is 2.01. The van der Waals surface area contributed by atoms with Crippen molar-refractivity contribution in [2.75, 3.05) is 0 Å². The molecule has 4 nitrogen and oxygen atoms in total. The lowest BCUT2D eigenvalue weighted by atomic mass is 9.97. The molecule has 70 valence electrons. The Kier molecular flexibility index (Phi) is 2.84. The Balaban J connectivity index is 3.03. The van der Waals surface area contributed by atoms with E-state index in [1.54, 1.807) is 19.2 Å². The fourth-order valence-electron chi connectivity index (χ4n) is 1.33. The summed E-state index contributed by atoms with van der Waals surface area (Å²) in [5.74, 6) is -1.49. The number of H-pyrrole nitrogens is 1. The number of aromatic nitrogens is 1. The van der Waals surface area contributed by atoms with Crippen LogP contribution in [0.5, 0.6) is 0 Å². The van der Waals surface area contributed by atoms with Crippen LogP contribution in [0.1, 0.15) is 35.3 Å². The fraction of sp³-hybridized carbons (Fsp3) is 0.333. The van der Waals surface area contributed by atoms with Gasteiger partial charge in [0, 0.05) is 6.20 Å². The Bertz CT molecular complexity index is 316. The van der Waals surface area contributed by atoms with Crippen LogP contribution in [0.25, 0.3) is 0 Å². The van der Waals surface area contributed by atoms with Crippen molar-refractivity contribution in [1.29, 1.82) is 0 Å². The average molecular weight is 181 g/mol. The van der Waals surface area contributed by atoms with Gasteiger partial charge in [0.15, 0.2) is 6.29 Å². The van der Waals surface area contributed by atoms with Gasteiger partial charge in [-0.15, -0.1) is 0 Å². The predicted octanol–water partition coefficient (Wildman–Crippen LogP) is 1.41. The molecule has 0 aliphatic carbocycles. The van der Waals surface area contributed by atoms with Gasteiger partial charge in [-0.05, 0) is 18.1 Å². The van der Waals surface area contributed by atoms with Crippen LogP contribution in [0.2, 0.25) is 0 Å². The first kappa shape index (κ1) is 9.51. The lowest BCUT2D eigenvalue weighted by Crippen LogP contribution is -2.11. The van der Waals surface area contributed by atoms with Gasteiger partial charge in [-0.25, -0.2) is 0 Å². The number of aliphatic carboxylic acids is 1. The Hall–Kier alpha value is -1.58. The predicted molar refractivity (Wildman–Crippen MR) is 46.8 cm³/mol. The van der Waals surface area contributed by atoms with Gasteiger partial charge in [0.1, 0.15) is 0 Å². The minimum atomic E-state index is -0.898. The molecule has 0 fully saturated rings. The third kappa shape index (κ3) is 1.77. The van der Waals surface area contributed by atoms with E-state index in [0.717, 1.165) is 0 Å². The van der Waals surface area contributed by atoms with Crippen LogP contribution >= 0.6 is 0 Å². The molecule has 1 atom stereocenters. The first-order chi connectivity index (χ1) is 6.20. The second kappa shape index (κ2) is 3.89. The van der Waals surface area contributed by atoms with Crippen LogP contribution in [-0.4, -0.2) is 22.3 Å². The summed E-state index contributed by atoms with van der Waals surface area (Å²) in [7, 11) is 0. The third-order valence-electron chi connectivity index (χ3n) is 2.01. The van der Waals surface area contributed by atoms with Gasteiger partial charge in [0.05, 0.1) is 11.6 Å². The maximum Gasteiger partial charge on any atom is 0.311 e. The number of carboxylic acids is 1. The number of rotatable bonds is 4. The van der Waals surface area contributed by atoms with Crippen LogP contribution < -0.4 is 0 Å². The molecule has 1 heterocycles. The van der Waals surface area contributed by atoms with Crippen molar-refractivity contribution in [3.63, 3.8) is 0 Å². The van der Waals surface area contributed by atoms with Gasteiger partial charge in [-0.1, -0.05) is 6.92 Å². The highest BCUT2D eigenvalue weighted by Gasteiger charge is 2.20. The van der Waals surface area contributed by atoms with Gasteiger partial charge in [0.25, 0.3) is 0 Å². The molecule has 1 unspecified atom stereocenters. The maximum absolute atomic E-state index is 10.8. The summed E-state index contributed by atoms with van der Waals surface area (Å²) < 4.78 is 0. The molecular formula is C9H11NO3. The quantitative estimate of drug-likeness (QED) is 0.690. The number of aromatic amines is 1. The van der Waals surface area contributed by atoms with Crippen molar-refractivity contribution in [3.05, 3.63) is 23.5 Å². The standard InChI is InChI=1S/C9H11NO3/c1-2-6(9(12)13)7-3-4-10-8(7)5-11/h3-6,10H,2H2,1H3,(H,12,13). The van der Waals surface area contributed by atoms with Crippen molar-refractivity contribution in [3.8, 4) is 0 Å². The van der Waals surface area contributed by atoms with Crippen molar-refractivity contribution >= 4 is 12.3 Å². The molecule has 0 amide bonds. The summed E-state index contributed by atoms with van der Waals surface area (Å²) in [5, 5.41) is 8.84. The lowest BCUT2D eigenvalue weighted by Gasteiger charge is -2.07. The van der Waals surface area contributed by atoms with E-state index in [9.17, 15) is 9.59 Å². The van der Waals surface area contributed by atoms with Gasteiger partial charge in [-0.3, -0.25) is 9.59 Å². The molecule has 0 saturated carbocycles. The summed E-state index contributed by atoms with van der Waals surface area (Å²) in [4.78, 5) is 24.0. The van der Waals surface area contributed by atoms with E-state index >= 15 is 0 Å². The Morgan fingerprint density at radius 1 is 1.77 bits per heavy atom. The smallest absolute Gasteiger partial charge is 0.311 e. The molecule has 0 radical (unpaired) electrons. The molecule has 0 saturated heterocycles. The van der Waals surface area contributed by atoms with Crippen LogP contribution in [0.3, 0.4) is 0 Å². The first-order valence-corrected chi connectivity index (χ1v) is 4.06. The second-order valence-electron chi connectivity index (χ2n) is 2.76. The lowest BCUT2D eigenvalue weighted by molar-refractivity contribution is -0.138. The normalized spacial score (nSPS) is 12.4. The topological polar surface area (TPSA) is 70.2 Å². The molecule has 1 aromatic rings. The van der Waals surface area contributed by atoms with Crippen LogP contribution in [-0.2, 0) is 4.79 Å². The number of hydrogen-bond acceptors (Lipinski definition) is 2. The van der Waals surface area contributed by atoms with Crippen LogP contribution in [0.4, 0.5) is 0 Å². The Morgan fingerprint density at radius 2 is 2.46 bits per heavy atom. The van der Waals surface area contributed by atoms with Crippen LogP contribution in [0, 0.1) is 0 Å². The highest BCUT2D eigenvalue weighted by molar-refractivity contribution is 5.82. The van der Waals surface area contributed by atoms with E-state index < -0.39 is 11.9 Å². The Labute approximate surface area is 75.6 Å². The van der Waals surface area contributed by atoms with Crippen LogP contribution in [0.15, 0.2) is 12.3 Å². The fourth-order valence-corrected chi connectivity index (χ4v) is 1.33. The minimum Gasteiger partial charge on any atom is -0.481 e. The van der Waals surface area contributed by atoms with Crippen molar-refractivity contribution in [2.24, 2.45) is 0 Å².